The highest BCUT2D eigenvalue weighted by molar-refractivity contribution is 6.43. The highest BCUT2D eigenvalue weighted by Gasteiger charge is 2.24. The molecule has 0 bridgehead atoms. The van der Waals surface area contributed by atoms with Crippen LogP contribution in [0.25, 0.3) is 0 Å². The fourth-order valence-corrected chi connectivity index (χ4v) is 5.23. The van der Waals surface area contributed by atoms with Crippen LogP contribution < -0.4 is 16.0 Å². The van der Waals surface area contributed by atoms with E-state index in [1.807, 2.05) is 12.1 Å². The van der Waals surface area contributed by atoms with Gasteiger partial charge in [-0.2, -0.15) is 0 Å². The van der Waals surface area contributed by atoms with E-state index in [-0.39, 0.29) is 5.91 Å². The number of carbonyl (C=O) groups excluding carboxylic acids is 1. The van der Waals surface area contributed by atoms with Gasteiger partial charge < -0.3 is 16.0 Å². The normalized spacial score (nSPS) is 22.5. The summed E-state index contributed by atoms with van der Waals surface area (Å²) in [5.74, 6) is 1.01. The van der Waals surface area contributed by atoms with Crippen LogP contribution in [0.5, 0.6) is 0 Å². The Balaban J connectivity index is 1.29. The van der Waals surface area contributed by atoms with E-state index in [1.165, 1.54) is 25.8 Å². The molecule has 0 atom stereocenters. The van der Waals surface area contributed by atoms with Crippen LogP contribution in [0.2, 0.25) is 10.0 Å². The van der Waals surface area contributed by atoms with Crippen molar-refractivity contribution in [3.8, 4) is 0 Å². The predicted octanol–water partition coefficient (Wildman–Crippen LogP) is 4.70. The average Bonchev–Trinajstić information content (AvgIpc) is 2.79. The lowest BCUT2D eigenvalue weighted by molar-refractivity contribution is -0.122. The lowest BCUT2D eigenvalue weighted by Gasteiger charge is -2.37. The number of benzene rings is 1. The van der Waals surface area contributed by atoms with Crippen molar-refractivity contribution < 1.29 is 4.79 Å². The Morgan fingerprint density at radius 3 is 2.48 bits per heavy atom. The first kappa shape index (κ1) is 24.6. The van der Waals surface area contributed by atoms with Gasteiger partial charge in [-0.1, -0.05) is 35.7 Å². The van der Waals surface area contributed by atoms with Gasteiger partial charge in [0.2, 0.25) is 5.91 Å². The summed E-state index contributed by atoms with van der Waals surface area (Å²) in [6, 6.07) is 6.25. The van der Waals surface area contributed by atoms with Gasteiger partial charge in [-0.3, -0.25) is 9.69 Å². The molecule has 1 saturated heterocycles. The molecule has 1 amide bonds. The Kier molecular flexibility index (Phi) is 10.2. The molecule has 2 aliphatic rings. The summed E-state index contributed by atoms with van der Waals surface area (Å²) in [6.45, 7) is 6.00. The van der Waals surface area contributed by atoms with E-state index < -0.39 is 0 Å². The van der Waals surface area contributed by atoms with E-state index in [4.69, 9.17) is 28.9 Å². The van der Waals surface area contributed by atoms with E-state index in [2.05, 4.69) is 21.2 Å². The molecular formula is C24H38Cl2N4O. The average molecular weight is 470 g/mol. The number of halogens is 2. The van der Waals surface area contributed by atoms with Gasteiger partial charge in [0.05, 0.1) is 15.7 Å². The smallest absolute Gasteiger partial charge is 0.220 e. The minimum Gasteiger partial charge on any atom is -0.368 e. The van der Waals surface area contributed by atoms with E-state index in [0.717, 1.165) is 76.4 Å². The van der Waals surface area contributed by atoms with E-state index in [0.29, 0.717) is 22.5 Å². The topological polar surface area (TPSA) is 61.6 Å². The van der Waals surface area contributed by atoms with Crippen LogP contribution in [0, 0.1) is 5.92 Å². The lowest BCUT2D eigenvalue weighted by atomic mass is 9.84. The van der Waals surface area contributed by atoms with Gasteiger partial charge in [0.15, 0.2) is 0 Å². The van der Waals surface area contributed by atoms with Crippen molar-refractivity contribution in [1.29, 1.82) is 0 Å². The number of nitrogens with one attached hydrogen (secondary N) is 1. The number of unbranched alkanes of at least 4 members (excludes halogenated alkanes) is 2. The van der Waals surface area contributed by atoms with Gasteiger partial charge in [0.1, 0.15) is 0 Å². The van der Waals surface area contributed by atoms with E-state index in [1.54, 1.807) is 0 Å². The maximum Gasteiger partial charge on any atom is 0.220 e. The van der Waals surface area contributed by atoms with Crippen molar-refractivity contribution in [3.63, 3.8) is 0 Å². The standard InChI is InChI=1S/C24H38Cl2N4O/c25-21-5-4-6-22(24(21)26)30-17-15-29(16-18-30)14-12-19-8-10-20(11-9-19)28-23(31)7-2-1-3-13-27/h4-6,19-20H,1-3,7-18,27H2,(H,28,31). The highest BCUT2D eigenvalue weighted by Crippen LogP contribution is 2.33. The maximum atomic E-state index is 12.1. The number of amides is 1. The van der Waals surface area contributed by atoms with Crippen molar-refractivity contribution in [2.45, 2.75) is 63.8 Å². The number of hydrogen-bond donors (Lipinski definition) is 2. The summed E-state index contributed by atoms with van der Waals surface area (Å²) in [4.78, 5) is 17.0. The molecule has 5 nitrogen and oxygen atoms in total. The molecule has 0 unspecified atom stereocenters. The van der Waals surface area contributed by atoms with Gasteiger partial charge in [0, 0.05) is 38.6 Å². The number of hydrogen-bond acceptors (Lipinski definition) is 4. The van der Waals surface area contributed by atoms with Crippen LogP contribution in [0.3, 0.4) is 0 Å². The van der Waals surface area contributed by atoms with Crippen LogP contribution in [0.15, 0.2) is 18.2 Å². The molecule has 0 spiro atoms. The number of anilines is 1. The van der Waals surface area contributed by atoms with Crippen LogP contribution >= 0.6 is 23.2 Å². The van der Waals surface area contributed by atoms with Crippen LogP contribution in [0.1, 0.15) is 57.8 Å². The Labute approximate surface area is 197 Å². The first-order valence-corrected chi connectivity index (χ1v) is 12.7. The molecule has 0 aromatic heterocycles. The molecule has 7 heteroatoms. The third kappa shape index (κ3) is 7.81. The Hall–Kier alpha value is -1.01. The summed E-state index contributed by atoms with van der Waals surface area (Å²) >= 11 is 12.6. The summed E-state index contributed by atoms with van der Waals surface area (Å²) in [7, 11) is 0. The van der Waals surface area contributed by atoms with Crippen molar-refractivity contribution in [3.05, 3.63) is 28.2 Å². The number of nitrogens with two attached hydrogens (primary N) is 1. The zero-order valence-corrected chi connectivity index (χ0v) is 20.1. The molecule has 3 N–H and O–H groups in total. The molecule has 1 saturated carbocycles. The Morgan fingerprint density at radius 2 is 1.77 bits per heavy atom. The third-order valence-corrected chi connectivity index (χ3v) is 7.63. The third-order valence-electron chi connectivity index (χ3n) is 6.82. The van der Waals surface area contributed by atoms with Crippen molar-refractivity contribution in [1.82, 2.24) is 10.2 Å². The van der Waals surface area contributed by atoms with Gasteiger partial charge in [-0.25, -0.2) is 0 Å². The molecule has 174 valence electrons. The fraction of sp³-hybridized carbons (Fsp3) is 0.708. The lowest BCUT2D eigenvalue weighted by Crippen LogP contribution is -2.47. The predicted molar refractivity (Wildman–Crippen MR) is 131 cm³/mol. The SMILES string of the molecule is NCCCCCC(=O)NC1CCC(CCN2CCN(c3cccc(Cl)c3Cl)CC2)CC1. The zero-order valence-electron chi connectivity index (χ0n) is 18.6. The molecule has 1 aliphatic carbocycles. The highest BCUT2D eigenvalue weighted by atomic mass is 35.5. The second kappa shape index (κ2) is 12.9. The quantitative estimate of drug-likeness (QED) is 0.488. The number of rotatable bonds is 10. The Morgan fingerprint density at radius 1 is 1.03 bits per heavy atom. The van der Waals surface area contributed by atoms with Gasteiger partial charge in [0.25, 0.3) is 0 Å². The molecule has 3 rings (SSSR count). The molecular weight excluding hydrogens is 431 g/mol. The summed E-state index contributed by atoms with van der Waals surface area (Å²) in [5.41, 5.74) is 6.56. The second-order valence-electron chi connectivity index (χ2n) is 9.07. The van der Waals surface area contributed by atoms with Crippen LogP contribution in [-0.2, 0) is 4.79 Å². The maximum absolute atomic E-state index is 12.1. The molecule has 2 fully saturated rings. The molecule has 1 aromatic rings. The summed E-state index contributed by atoms with van der Waals surface area (Å²) in [5, 5.41) is 4.53. The van der Waals surface area contributed by atoms with Crippen molar-refractivity contribution >= 4 is 34.8 Å². The fourth-order valence-electron chi connectivity index (χ4n) is 4.82. The minimum absolute atomic E-state index is 0.221. The van der Waals surface area contributed by atoms with Gasteiger partial charge in [-0.15, -0.1) is 0 Å². The van der Waals surface area contributed by atoms with E-state index >= 15 is 0 Å². The van der Waals surface area contributed by atoms with Gasteiger partial charge in [-0.05, 0) is 76.1 Å². The number of nitrogens with zero attached hydrogens (tertiary/aromatic N) is 2. The monoisotopic (exact) mass is 468 g/mol. The Bertz CT molecular complexity index is 686. The summed E-state index contributed by atoms with van der Waals surface area (Å²) in [6.07, 6.45) is 9.64. The van der Waals surface area contributed by atoms with Crippen molar-refractivity contribution in [2.24, 2.45) is 11.7 Å². The van der Waals surface area contributed by atoms with Crippen LogP contribution in [-0.4, -0.2) is 56.1 Å². The molecule has 1 aliphatic heterocycles. The largest absolute Gasteiger partial charge is 0.368 e. The first-order valence-electron chi connectivity index (χ1n) is 12.0. The van der Waals surface area contributed by atoms with Gasteiger partial charge >= 0.3 is 0 Å². The van der Waals surface area contributed by atoms with Crippen molar-refractivity contribution in [2.75, 3.05) is 44.2 Å². The van der Waals surface area contributed by atoms with E-state index in [9.17, 15) is 4.79 Å². The minimum atomic E-state index is 0.221. The zero-order chi connectivity index (χ0) is 22.1. The molecule has 1 heterocycles. The first-order chi connectivity index (χ1) is 15.1. The molecule has 1 aromatic carbocycles. The molecule has 31 heavy (non-hydrogen) atoms. The number of piperazine rings is 1. The number of carbonyl (C=O) groups is 1. The summed E-state index contributed by atoms with van der Waals surface area (Å²) < 4.78 is 0. The van der Waals surface area contributed by atoms with Crippen LogP contribution in [0.4, 0.5) is 5.69 Å². The molecule has 0 radical (unpaired) electrons. The second-order valence-corrected chi connectivity index (χ2v) is 9.86.